The van der Waals surface area contributed by atoms with Crippen LogP contribution in [0.25, 0.3) is 0 Å². The molecule has 0 fully saturated rings. The number of thiazole rings is 1. The molecular formula is C33H46BrFN2O2S. The molecular weight excluding hydrogens is 587 g/mol. The van der Waals surface area contributed by atoms with E-state index in [2.05, 4.69) is 35.3 Å². The van der Waals surface area contributed by atoms with E-state index in [0.29, 0.717) is 12.2 Å². The number of halogens is 2. The Kier molecular flexibility index (Phi) is 16.8. The van der Waals surface area contributed by atoms with Crippen molar-refractivity contribution in [2.45, 2.75) is 104 Å². The van der Waals surface area contributed by atoms with Gasteiger partial charge in [0.2, 0.25) is 10.9 Å². The molecule has 0 radical (unpaired) electrons. The molecule has 1 N–H and O–H groups in total. The van der Waals surface area contributed by atoms with E-state index in [1.165, 1.54) is 75.3 Å². The highest BCUT2D eigenvalue weighted by atomic mass is 79.9. The Balaban J connectivity index is 0.00000560. The molecule has 0 spiro atoms. The van der Waals surface area contributed by atoms with E-state index in [9.17, 15) is 9.18 Å². The highest BCUT2D eigenvalue weighted by Crippen LogP contribution is 2.24. The molecule has 2 aromatic carbocycles. The van der Waals surface area contributed by atoms with Gasteiger partial charge in [-0.25, -0.2) is 4.39 Å². The molecule has 0 aliphatic rings. The van der Waals surface area contributed by atoms with Gasteiger partial charge in [-0.15, -0.1) is 0 Å². The standard InChI is InChI=1S/C33H45FN2O2S.BrH/c1-3-4-5-6-7-8-9-10-11-12-13-14-23-38-33-29(16-15-17-31(33)34)25-32(37)35-30-20-18-28(19-21-30)26-36-22-24-39-27(36)2;/h15-22,24H,3-14,23,25-26H2,1-2H3;1H. The normalized spacial score (nSPS) is 10.8. The second kappa shape index (κ2) is 19.8. The van der Waals surface area contributed by atoms with Crippen molar-refractivity contribution >= 4 is 22.9 Å². The van der Waals surface area contributed by atoms with Crippen LogP contribution in [0.3, 0.4) is 0 Å². The predicted molar refractivity (Wildman–Crippen MR) is 160 cm³/mol. The number of anilines is 1. The summed E-state index contributed by atoms with van der Waals surface area (Å²) in [6, 6.07) is 12.6. The third kappa shape index (κ3) is 12.5. The summed E-state index contributed by atoms with van der Waals surface area (Å²) in [6.07, 6.45) is 17.4. The van der Waals surface area contributed by atoms with Gasteiger partial charge in [0, 0.05) is 23.7 Å². The van der Waals surface area contributed by atoms with Crippen molar-refractivity contribution in [2.24, 2.45) is 0 Å². The first-order valence-electron chi connectivity index (χ1n) is 14.8. The van der Waals surface area contributed by atoms with E-state index in [4.69, 9.17) is 4.74 Å². The van der Waals surface area contributed by atoms with E-state index in [0.717, 1.165) is 30.6 Å². The number of aryl methyl sites for hydroxylation is 1. The number of amides is 1. The molecule has 4 nitrogen and oxygen atoms in total. The minimum atomic E-state index is -0.412. The summed E-state index contributed by atoms with van der Waals surface area (Å²) in [5.41, 5.74) is 2.47. The van der Waals surface area contributed by atoms with Crippen LogP contribution in [0.1, 0.15) is 100 Å². The molecule has 3 rings (SSSR count). The summed E-state index contributed by atoms with van der Waals surface area (Å²) in [4.78, 5) is 12.7. The highest BCUT2D eigenvalue weighted by molar-refractivity contribution is 7.09. The minimum Gasteiger partial charge on any atom is -1.00 e. The lowest BCUT2D eigenvalue weighted by atomic mass is 10.1. The first-order chi connectivity index (χ1) is 19.1. The van der Waals surface area contributed by atoms with Crippen molar-refractivity contribution in [1.82, 2.24) is 0 Å². The third-order valence-electron chi connectivity index (χ3n) is 7.12. The maximum atomic E-state index is 14.5. The molecule has 220 valence electrons. The first-order valence-corrected chi connectivity index (χ1v) is 15.7. The largest absolute Gasteiger partial charge is 1.00 e. The molecule has 1 amide bonds. The Morgan fingerprint density at radius 1 is 0.900 bits per heavy atom. The van der Waals surface area contributed by atoms with Gasteiger partial charge < -0.3 is 27.0 Å². The molecule has 0 unspecified atom stereocenters. The van der Waals surface area contributed by atoms with Gasteiger partial charge in [-0.05, 0) is 24.6 Å². The summed E-state index contributed by atoms with van der Waals surface area (Å²) in [7, 11) is 0. The number of ether oxygens (including phenoxy) is 1. The van der Waals surface area contributed by atoms with Crippen LogP contribution < -0.4 is 31.6 Å². The van der Waals surface area contributed by atoms with Crippen LogP contribution in [-0.4, -0.2) is 12.5 Å². The maximum Gasteiger partial charge on any atom is 0.234 e. The Hall–Kier alpha value is -2.25. The molecule has 0 aliphatic heterocycles. The van der Waals surface area contributed by atoms with E-state index in [1.54, 1.807) is 23.5 Å². The number of nitrogens with zero attached hydrogens (tertiary/aromatic N) is 1. The number of benzene rings is 2. The van der Waals surface area contributed by atoms with E-state index in [-0.39, 0.29) is 35.1 Å². The molecule has 0 aliphatic carbocycles. The summed E-state index contributed by atoms with van der Waals surface area (Å²) < 4.78 is 22.6. The highest BCUT2D eigenvalue weighted by Gasteiger charge is 2.14. The van der Waals surface area contributed by atoms with Crippen molar-refractivity contribution in [3.05, 3.63) is 76.0 Å². The second-order valence-corrected chi connectivity index (χ2v) is 11.5. The quantitative estimate of drug-likeness (QED) is 0.134. The van der Waals surface area contributed by atoms with E-state index >= 15 is 0 Å². The van der Waals surface area contributed by atoms with E-state index in [1.807, 2.05) is 24.3 Å². The lowest BCUT2D eigenvalue weighted by Crippen LogP contribution is -3.00. The second-order valence-electron chi connectivity index (χ2n) is 10.4. The molecule has 1 aromatic heterocycles. The van der Waals surface area contributed by atoms with Crippen LogP contribution in [0, 0.1) is 12.7 Å². The molecule has 0 saturated heterocycles. The molecule has 3 aromatic rings. The van der Waals surface area contributed by atoms with Crippen LogP contribution in [-0.2, 0) is 17.8 Å². The zero-order valence-electron chi connectivity index (χ0n) is 24.2. The van der Waals surface area contributed by atoms with Crippen LogP contribution in [0.5, 0.6) is 5.75 Å². The number of nitrogens with one attached hydrogen (secondary N) is 1. The van der Waals surface area contributed by atoms with Gasteiger partial charge in [0.1, 0.15) is 0 Å². The van der Waals surface area contributed by atoms with Crippen molar-refractivity contribution in [3.63, 3.8) is 0 Å². The average molecular weight is 634 g/mol. The Labute approximate surface area is 255 Å². The maximum absolute atomic E-state index is 14.5. The fourth-order valence-corrected chi connectivity index (χ4v) is 5.44. The number of unbranched alkanes of at least 4 members (excludes halogenated alkanes) is 11. The molecule has 0 bridgehead atoms. The van der Waals surface area contributed by atoms with Gasteiger partial charge in [-0.2, -0.15) is 4.57 Å². The fraction of sp³-hybridized carbons (Fsp3) is 0.515. The smallest absolute Gasteiger partial charge is 0.234 e. The van der Waals surface area contributed by atoms with Crippen LogP contribution in [0.15, 0.2) is 54.0 Å². The number of aromatic nitrogens is 1. The van der Waals surface area contributed by atoms with Gasteiger partial charge in [0.25, 0.3) is 0 Å². The van der Waals surface area contributed by atoms with Crippen molar-refractivity contribution in [1.29, 1.82) is 0 Å². The predicted octanol–water partition coefficient (Wildman–Crippen LogP) is 5.80. The number of rotatable bonds is 19. The summed E-state index contributed by atoms with van der Waals surface area (Å²) in [5.74, 6) is -0.398. The SMILES string of the molecule is CCCCCCCCCCCCCCOc1c(F)cccc1CC(=O)Nc1ccc(C[n+]2ccsc2C)cc1.[Br-]. The minimum absolute atomic E-state index is 0. The van der Waals surface area contributed by atoms with Crippen LogP contribution in [0.2, 0.25) is 0 Å². The topological polar surface area (TPSA) is 42.2 Å². The van der Waals surface area contributed by atoms with Gasteiger partial charge in [0.15, 0.2) is 24.3 Å². The van der Waals surface area contributed by atoms with Gasteiger partial charge in [0.05, 0.1) is 18.4 Å². The number of carbonyl (C=O) groups excluding carboxylic acids is 1. The molecule has 7 heteroatoms. The number of hydrogen-bond acceptors (Lipinski definition) is 3. The van der Waals surface area contributed by atoms with Gasteiger partial charge >= 0.3 is 0 Å². The third-order valence-corrected chi connectivity index (χ3v) is 7.95. The van der Waals surface area contributed by atoms with Gasteiger partial charge in [-0.3, -0.25) is 4.79 Å². The first kappa shape index (κ1) is 34.0. The van der Waals surface area contributed by atoms with Gasteiger partial charge in [-0.1, -0.05) is 113 Å². The van der Waals surface area contributed by atoms with Crippen molar-refractivity contribution in [2.75, 3.05) is 11.9 Å². The molecule has 1 heterocycles. The van der Waals surface area contributed by atoms with Crippen LogP contribution >= 0.6 is 11.3 Å². The Morgan fingerprint density at radius 3 is 2.12 bits per heavy atom. The summed E-state index contributed by atoms with van der Waals surface area (Å²) >= 11 is 1.72. The number of carbonyl (C=O) groups is 1. The number of hydrogen-bond donors (Lipinski definition) is 1. The average Bonchev–Trinajstić information content (AvgIpc) is 3.33. The Morgan fingerprint density at radius 2 is 1.52 bits per heavy atom. The lowest BCUT2D eigenvalue weighted by Gasteiger charge is -2.13. The molecule has 0 atom stereocenters. The lowest BCUT2D eigenvalue weighted by molar-refractivity contribution is -0.689. The summed E-state index contributed by atoms with van der Waals surface area (Å²) in [5, 5.41) is 6.26. The van der Waals surface area contributed by atoms with Crippen molar-refractivity contribution in [3.8, 4) is 5.75 Å². The Bertz CT molecular complexity index is 1120. The van der Waals surface area contributed by atoms with Crippen molar-refractivity contribution < 1.29 is 35.5 Å². The number of para-hydroxylation sites is 1. The summed E-state index contributed by atoms with van der Waals surface area (Å²) in [6.45, 7) is 5.62. The molecule has 0 saturated carbocycles. The monoisotopic (exact) mass is 632 g/mol. The van der Waals surface area contributed by atoms with Crippen LogP contribution in [0.4, 0.5) is 10.1 Å². The fourth-order valence-electron chi connectivity index (χ4n) is 4.78. The van der Waals surface area contributed by atoms with E-state index < -0.39 is 5.82 Å². The zero-order chi connectivity index (χ0) is 27.7. The molecule has 40 heavy (non-hydrogen) atoms. The zero-order valence-corrected chi connectivity index (χ0v) is 26.6.